The molecule has 0 amide bonds. The van der Waals surface area contributed by atoms with E-state index < -0.39 is 0 Å². The summed E-state index contributed by atoms with van der Waals surface area (Å²) in [5, 5.41) is 13.9. The molecule has 2 aliphatic rings. The van der Waals surface area contributed by atoms with Crippen LogP contribution < -0.4 is 5.32 Å². The minimum absolute atomic E-state index is 0.640. The molecule has 0 bridgehead atoms. The topological polar surface area (TPSA) is 54.2 Å². The Morgan fingerprint density at radius 1 is 1.40 bits per heavy atom. The van der Waals surface area contributed by atoms with Crippen molar-refractivity contribution in [2.45, 2.75) is 25.4 Å². The van der Waals surface area contributed by atoms with Gasteiger partial charge in [-0.15, -0.1) is 21.5 Å². The van der Waals surface area contributed by atoms with Gasteiger partial charge < -0.3 is 9.73 Å². The minimum Gasteiger partial charge on any atom is -0.419 e. The van der Waals surface area contributed by atoms with Gasteiger partial charge in [0.25, 0.3) is 5.89 Å². The predicted molar refractivity (Wildman–Crippen MR) is 77.4 cm³/mol. The molecule has 2 aliphatic heterocycles. The normalized spacial score (nSPS) is 26.8. The first kappa shape index (κ1) is 12.5. The third kappa shape index (κ3) is 2.28. The molecule has 1 N–H and O–H groups in total. The van der Waals surface area contributed by atoms with Crippen LogP contribution in [0.25, 0.3) is 10.8 Å². The summed E-state index contributed by atoms with van der Waals surface area (Å²) in [5.41, 5.74) is 0. The zero-order chi connectivity index (χ0) is 13.4. The lowest BCUT2D eigenvalue weighted by Crippen LogP contribution is -2.44. The van der Waals surface area contributed by atoms with Gasteiger partial charge in [0, 0.05) is 12.6 Å². The molecule has 106 valence electrons. The van der Waals surface area contributed by atoms with Crippen LogP contribution in [-0.4, -0.2) is 40.8 Å². The maximum absolute atomic E-state index is 5.81. The van der Waals surface area contributed by atoms with E-state index in [1.165, 1.54) is 12.8 Å². The lowest BCUT2D eigenvalue weighted by molar-refractivity contribution is 0.107. The van der Waals surface area contributed by atoms with Gasteiger partial charge in [0.05, 0.1) is 11.4 Å². The molecule has 2 atom stereocenters. The number of aromatic nitrogens is 2. The predicted octanol–water partition coefficient (Wildman–Crippen LogP) is 1.98. The van der Waals surface area contributed by atoms with Gasteiger partial charge >= 0.3 is 0 Å². The molecular formula is C14H18N4OS. The lowest BCUT2D eigenvalue weighted by atomic mass is 9.92. The molecular weight excluding hydrogens is 272 g/mol. The van der Waals surface area contributed by atoms with Gasteiger partial charge in [-0.1, -0.05) is 6.07 Å². The second-order valence-electron chi connectivity index (χ2n) is 5.58. The highest BCUT2D eigenvalue weighted by atomic mass is 32.1. The zero-order valence-electron chi connectivity index (χ0n) is 11.3. The molecule has 2 saturated heterocycles. The van der Waals surface area contributed by atoms with E-state index in [9.17, 15) is 0 Å². The molecule has 0 aromatic carbocycles. The summed E-state index contributed by atoms with van der Waals surface area (Å²) >= 11 is 1.63. The standard InChI is InChI=1S/C14H18N4OS/c1-3-10-7-15-8-11(10)18(5-1)9-13-16-17-14(19-13)12-4-2-6-20-12/h2,4,6,10-11,15H,1,3,5,7-9H2. The van der Waals surface area contributed by atoms with Crippen molar-refractivity contribution in [1.29, 1.82) is 0 Å². The average molecular weight is 290 g/mol. The molecule has 20 heavy (non-hydrogen) atoms. The number of hydrogen-bond acceptors (Lipinski definition) is 6. The van der Waals surface area contributed by atoms with Crippen LogP contribution in [0.1, 0.15) is 18.7 Å². The highest BCUT2D eigenvalue weighted by molar-refractivity contribution is 7.13. The van der Waals surface area contributed by atoms with Gasteiger partial charge in [-0.25, -0.2) is 0 Å². The largest absolute Gasteiger partial charge is 0.419 e. The van der Waals surface area contributed by atoms with Crippen molar-refractivity contribution < 1.29 is 4.42 Å². The third-order valence-electron chi connectivity index (χ3n) is 4.33. The fraction of sp³-hybridized carbons (Fsp3) is 0.571. The number of hydrogen-bond donors (Lipinski definition) is 1. The van der Waals surface area contributed by atoms with Crippen molar-refractivity contribution in [1.82, 2.24) is 20.4 Å². The van der Waals surface area contributed by atoms with E-state index in [1.54, 1.807) is 11.3 Å². The number of likely N-dealkylation sites (tertiary alicyclic amines) is 1. The van der Waals surface area contributed by atoms with Crippen molar-refractivity contribution in [2.24, 2.45) is 5.92 Å². The van der Waals surface area contributed by atoms with Crippen molar-refractivity contribution >= 4 is 11.3 Å². The van der Waals surface area contributed by atoms with Gasteiger partial charge in [-0.3, -0.25) is 4.90 Å². The third-order valence-corrected chi connectivity index (χ3v) is 5.19. The monoisotopic (exact) mass is 290 g/mol. The minimum atomic E-state index is 0.640. The summed E-state index contributed by atoms with van der Waals surface area (Å²) in [5.74, 6) is 2.18. The van der Waals surface area contributed by atoms with Crippen LogP contribution in [0.3, 0.4) is 0 Å². The Hall–Kier alpha value is -1.24. The van der Waals surface area contributed by atoms with Crippen LogP contribution in [0.4, 0.5) is 0 Å². The maximum atomic E-state index is 5.81. The Bertz CT molecular complexity index is 568. The molecule has 0 radical (unpaired) electrons. The summed E-state index contributed by atoms with van der Waals surface area (Å²) < 4.78 is 5.81. The maximum Gasteiger partial charge on any atom is 0.257 e. The van der Waals surface area contributed by atoms with Crippen LogP contribution in [0, 0.1) is 5.92 Å². The van der Waals surface area contributed by atoms with Crippen LogP contribution in [0.2, 0.25) is 0 Å². The SMILES string of the molecule is c1csc(-c2nnc(CN3CCCC4CNCC43)o2)c1. The number of fused-ring (bicyclic) bond motifs is 1. The summed E-state index contributed by atoms with van der Waals surface area (Å²) in [6, 6.07) is 4.66. The van der Waals surface area contributed by atoms with Crippen molar-refractivity contribution in [3.05, 3.63) is 23.4 Å². The molecule has 4 rings (SSSR count). The van der Waals surface area contributed by atoms with E-state index in [2.05, 4.69) is 20.4 Å². The molecule has 2 fully saturated rings. The van der Waals surface area contributed by atoms with Gasteiger partial charge in [0.1, 0.15) is 0 Å². The Kier molecular flexibility index (Phi) is 3.29. The van der Waals surface area contributed by atoms with E-state index in [0.29, 0.717) is 11.9 Å². The summed E-state index contributed by atoms with van der Waals surface area (Å²) in [4.78, 5) is 3.54. The zero-order valence-corrected chi connectivity index (χ0v) is 12.1. The van der Waals surface area contributed by atoms with E-state index in [0.717, 1.165) is 42.9 Å². The number of rotatable bonds is 3. The summed E-state index contributed by atoms with van der Waals surface area (Å²) in [6.07, 6.45) is 2.62. The molecule has 0 aliphatic carbocycles. The first-order valence-electron chi connectivity index (χ1n) is 7.21. The Balaban J connectivity index is 1.48. The molecule has 0 saturated carbocycles. The lowest BCUT2D eigenvalue weighted by Gasteiger charge is -2.35. The molecule has 2 aromatic rings. The van der Waals surface area contributed by atoms with Crippen molar-refractivity contribution in [3.63, 3.8) is 0 Å². The molecule has 2 aromatic heterocycles. The second kappa shape index (κ2) is 5.27. The number of nitrogens with one attached hydrogen (secondary N) is 1. The number of piperidine rings is 1. The quantitative estimate of drug-likeness (QED) is 0.937. The van der Waals surface area contributed by atoms with Crippen LogP contribution in [0.15, 0.2) is 21.9 Å². The van der Waals surface area contributed by atoms with Crippen LogP contribution in [0.5, 0.6) is 0 Å². The van der Waals surface area contributed by atoms with Crippen LogP contribution >= 0.6 is 11.3 Å². The molecule has 6 heteroatoms. The average Bonchev–Trinajstić information content (AvgIpc) is 3.20. The molecule has 5 nitrogen and oxygen atoms in total. The van der Waals surface area contributed by atoms with Gasteiger partial charge in [-0.2, -0.15) is 0 Å². The first-order chi connectivity index (χ1) is 9.90. The van der Waals surface area contributed by atoms with Crippen molar-refractivity contribution in [2.75, 3.05) is 19.6 Å². The smallest absolute Gasteiger partial charge is 0.257 e. The molecule has 4 heterocycles. The Labute approximate surface area is 122 Å². The van der Waals surface area contributed by atoms with Gasteiger partial charge in [-0.05, 0) is 43.3 Å². The fourth-order valence-corrected chi connectivity index (χ4v) is 3.99. The Morgan fingerprint density at radius 2 is 2.40 bits per heavy atom. The number of nitrogens with zero attached hydrogens (tertiary/aromatic N) is 3. The fourth-order valence-electron chi connectivity index (χ4n) is 3.35. The van der Waals surface area contributed by atoms with Crippen LogP contribution in [-0.2, 0) is 6.54 Å². The first-order valence-corrected chi connectivity index (χ1v) is 8.09. The molecule has 0 spiro atoms. The van der Waals surface area contributed by atoms with Crippen molar-refractivity contribution in [3.8, 4) is 10.8 Å². The highest BCUT2D eigenvalue weighted by Crippen LogP contribution is 2.28. The van der Waals surface area contributed by atoms with E-state index in [1.807, 2.05) is 17.5 Å². The van der Waals surface area contributed by atoms with Gasteiger partial charge in [0.2, 0.25) is 5.89 Å². The summed E-state index contributed by atoms with van der Waals surface area (Å²) in [6.45, 7) is 4.17. The van der Waals surface area contributed by atoms with E-state index in [-0.39, 0.29) is 0 Å². The van der Waals surface area contributed by atoms with E-state index in [4.69, 9.17) is 4.42 Å². The second-order valence-corrected chi connectivity index (χ2v) is 6.52. The molecule has 2 unspecified atom stereocenters. The Morgan fingerprint density at radius 3 is 3.30 bits per heavy atom. The highest BCUT2D eigenvalue weighted by Gasteiger charge is 2.35. The summed E-state index contributed by atoms with van der Waals surface area (Å²) in [7, 11) is 0. The van der Waals surface area contributed by atoms with E-state index >= 15 is 0 Å². The number of thiophene rings is 1. The van der Waals surface area contributed by atoms with Gasteiger partial charge in [0.15, 0.2) is 0 Å².